The van der Waals surface area contributed by atoms with Gasteiger partial charge in [0, 0.05) is 12.1 Å². The van der Waals surface area contributed by atoms with Gasteiger partial charge in [-0.15, -0.1) is 0 Å². The predicted octanol–water partition coefficient (Wildman–Crippen LogP) is 2.09. The van der Waals surface area contributed by atoms with E-state index in [1.165, 1.54) is 5.56 Å². The summed E-state index contributed by atoms with van der Waals surface area (Å²) in [5.74, 6) is 0. The minimum atomic E-state index is 0.241. The summed E-state index contributed by atoms with van der Waals surface area (Å²) in [6, 6.07) is 2.00. The van der Waals surface area contributed by atoms with Crippen molar-refractivity contribution in [1.82, 2.24) is 4.90 Å². The lowest BCUT2D eigenvalue weighted by molar-refractivity contribution is 0.248. The Kier molecular flexibility index (Phi) is 4.36. The normalized spacial score (nSPS) is 12.3. The maximum Gasteiger partial charge on any atom is 0.0947 e. The molecule has 0 aromatic carbocycles. The first-order valence-electron chi connectivity index (χ1n) is 5.43. The third kappa shape index (κ3) is 4.49. The van der Waals surface area contributed by atoms with Gasteiger partial charge in [-0.05, 0) is 38.0 Å². The number of rotatable bonds is 6. The van der Waals surface area contributed by atoms with Crippen LogP contribution in [0.5, 0.6) is 0 Å². The molecule has 86 valence electrons. The van der Waals surface area contributed by atoms with Crippen LogP contribution < -0.4 is 5.73 Å². The van der Waals surface area contributed by atoms with E-state index in [1.807, 2.05) is 6.07 Å². The van der Waals surface area contributed by atoms with E-state index in [0.717, 1.165) is 26.1 Å². The van der Waals surface area contributed by atoms with Gasteiger partial charge in [0.25, 0.3) is 0 Å². The lowest BCUT2D eigenvalue weighted by Gasteiger charge is -2.25. The number of hydrogen-bond donors (Lipinski definition) is 1. The van der Waals surface area contributed by atoms with Crippen molar-refractivity contribution in [3.8, 4) is 0 Å². The Morgan fingerprint density at radius 1 is 1.47 bits per heavy atom. The molecule has 0 saturated carbocycles. The van der Waals surface area contributed by atoms with Crippen molar-refractivity contribution < 1.29 is 4.42 Å². The molecule has 0 aliphatic heterocycles. The largest absolute Gasteiger partial charge is 0.472 e. The highest BCUT2D eigenvalue weighted by atomic mass is 16.3. The zero-order valence-corrected chi connectivity index (χ0v) is 9.99. The monoisotopic (exact) mass is 210 g/mol. The van der Waals surface area contributed by atoms with Crippen molar-refractivity contribution in [3.05, 3.63) is 24.2 Å². The van der Waals surface area contributed by atoms with Gasteiger partial charge in [0.1, 0.15) is 0 Å². The lowest BCUT2D eigenvalue weighted by atomic mass is 9.89. The third-order valence-electron chi connectivity index (χ3n) is 2.76. The quantitative estimate of drug-likeness (QED) is 0.781. The molecule has 0 aliphatic carbocycles. The average Bonchev–Trinajstić information content (AvgIpc) is 2.68. The molecule has 3 nitrogen and oxygen atoms in total. The van der Waals surface area contributed by atoms with Crippen LogP contribution in [0.3, 0.4) is 0 Å². The number of nitrogens with two attached hydrogens (primary N) is 1. The molecule has 15 heavy (non-hydrogen) atoms. The molecule has 0 radical (unpaired) electrons. The van der Waals surface area contributed by atoms with Crippen molar-refractivity contribution in [2.24, 2.45) is 11.1 Å². The van der Waals surface area contributed by atoms with Gasteiger partial charge < -0.3 is 15.1 Å². The highest BCUT2D eigenvalue weighted by Crippen LogP contribution is 2.18. The SMILES string of the molecule is CN(CCC(C)(C)CN)Cc1ccoc1. The van der Waals surface area contributed by atoms with Crippen molar-refractivity contribution in [1.29, 1.82) is 0 Å². The summed E-state index contributed by atoms with van der Waals surface area (Å²) in [5, 5.41) is 0. The molecular weight excluding hydrogens is 188 g/mol. The number of hydrogen-bond acceptors (Lipinski definition) is 3. The van der Waals surface area contributed by atoms with Crippen LogP contribution in [0.4, 0.5) is 0 Å². The van der Waals surface area contributed by atoms with E-state index in [1.54, 1.807) is 12.5 Å². The van der Waals surface area contributed by atoms with Crippen LogP contribution in [0, 0.1) is 5.41 Å². The first-order valence-corrected chi connectivity index (χ1v) is 5.43. The molecule has 0 spiro atoms. The smallest absolute Gasteiger partial charge is 0.0947 e. The van der Waals surface area contributed by atoms with E-state index < -0.39 is 0 Å². The Balaban J connectivity index is 2.28. The fraction of sp³-hybridized carbons (Fsp3) is 0.667. The summed E-state index contributed by atoms with van der Waals surface area (Å²) in [6.45, 7) is 7.16. The first-order chi connectivity index (χ1) is 7.03. The van der Waals surface area contributed by atoms with Crippen LogP contribution in [0.1, 0.15) is 25.8 Å². The summed E-state index contributed by atoms with van der Waals surface area (Å²) in [5.41, 5.74) is 7.16. The summed E-state index contributed by atoms with van der Waals surface area (Å²) >= 11 is 0. The fourth-order valence-corrected chi connectivity index (χ4v) is 1.37. The number of nitrogens with zero attached hydrogens (tertiary/aromatic N) is 1. The highest BCUT2D eigenvalue weighted by molar-refractivity contribution is 5.04. The molecule has 1 aromatic heterocycles. The van der Waals surface area contributed by atoms with E-state index in [4.69, 9.17) is 10.2 Å². The van der Waals surface area contributed by atoms with Gasteiger partial charge in [0.2, 0.25) is 0 Å². The van der Waals surface area contributed by atoms with Crippen molar-refractivity contribution in [2.45, 2.75) is 26.8 Å². The third-order valence-corrected chi connectivity index (χ3v) is 2.76. The second kappa shape index (κ2) is 5.33. The Labute approximate surface area is 92.2 Å². The molecule has 0 atom stereocenters. The van der Waals surface area contributed by atoms with Crippen LogP contribution >= 0.6 is 0 Å². The van der Waals surface area contributed by atoms with Gasteiger partial charge in [-0.25, -0.2) is 0 Å². The molecule has 3 heteroatoms. The topological polar surface area (TPSA) is 42.4 Å². The molecule has 0 aliphatic rings. The first kappa shape index (κ1) is 12.3. The van der Waals surface area contributed by atoms with Crippen molar-refractivity contribution in [2.75, 3.05) is 20.1 Å². The number of furan rings is 1. The van der Waals surface area contributed by atoms with Gasteiger partial charge in [-0.3, -0.25) is 0 Å². The molecule has 0 unspecified atom stereocenters. The maximum absolute atomic E-state index is 5.70. The molecule has 0 amide bonds. The molecule has 0 fully saturated rings. The van der Waals surface area contributed by atoms with Crippen LogP contribution in [0.2, 0.25) is 0 Å². The molecular formula is C12H22N2O. The van der Waals surface area contributed by atoms with Crippen LogP contribution in [0.25, 0.3) is 0 Å². The minimum absolute atomic E-state index is 0.241. The Hall–Kier alpha value is -0.800. The molecule has 1 rings (SSSR count). The predicted molar refractivity (Wildman–Crippen MR) is 62.5 cm³/mol. The van der Waals surface area contributed by atoms with Crippen LogP contribution in [-0.4, -0.2) is 25.0 Å². The van der Waals surface area contributed by atoms with Gasteiger partial charge in [-0.2, -0.15) is 0 Å². The molecule has 0 saturated heterocycles. The van der Waals surface area contributed by atoms with E-state index in [0.29, 0.717) is 0 Å². The average molecular weight is 210 g/mol. The minimum Gasteiger partial charge on any atom is -0.472 e. The van der Waals surface area contributed by atoms with Crippen molar-refractivity contribution >= 4 is 0 Å². The Morgan fingerprint density at radius 3 is 2.73 bits per heavy atom. The maximum atomic E-state index is 5.70. The van der Waals surface area contributed by atoms with E-state index >= 15 is 0 Å². The Bertz CT molecular complexity index is 267. The summed E-state index contributed by atoms with van der Waals surface area (Å²) in [6.07, 6.45) is 4.63. The van der Waals surface area contributed by atoms with Gasteiger partial charge in [0.05, 0.1) is 12.5 Å². The molecule has 2 N–H and O–H groups in total. The van der Waals surface area contributed by atoms with Gasteiger partial charge in [-0.1, -0.05) is 13.8 Å². The molecule has 1 aromatic rings. The summed E-state index contributed by atoms with van der Waals surface area (Å²) in [7, 11) is 2.12. The second-order valence-electron chi connectivity index (χ2n) is 4.99. The van der Waals surface area contributed by atoms with Gasteiger partial charge in [0.15, 0.2) is 0 Å². The highest BCUT2D eigenvalue weighted by Gasteiger charge is 2.16. The fourth-order valence-electron chi connectivity index (χ4n) is 1.37. The van der Waals surface area contributed by atoms with Crippen molar-refractivity contribution in [3.63, 3.8) is 0 Å². The van der Waals surface area contributed by atoms with E-state index in [2.05, 4.69) is 25.8 Å². The second-order valence-corrected chi connectivity index (χ2v) is 4.99. The van der Waals surface area contributed by atoms with Crippen LogP contribution in [0.15, 0.2) is 23.0 Å². The van der Waals surface area contributed by atoms with Crippen LogP contribution in [-0.2, 0) is 6.54 Å². The molecule has 1 heterocycles. The zero-order valence-electron chi connectivity index (χ0n) is 9.99. The molecule has 0 bridgehead atoms. The van der Waals surface area contributed by atoms with E-state index in [9.17, 15) is 0 Å². The standard InChI is InChI=1S/C12H22N2O/c1-12(2,10-13)5-6-14(3)8-11-4-7-15-9-11/h4,7,9H,5-6,8,10,13H2,1-3H3. The summed E-state index contributed by atoms with van der Waals surface area (Å²) in [4.78, 5) is 2.29. The summed E-state index contributed by atoms with van der Waals surface area (Å²) < 4.78 is 5.04. The zero-order chi connectivity index (χ0) is 11.3. The lowest BCUT2D eigenvalue weighted by Crippen LogP contribution is -2.29. The van der Waals surface area contributed by atoms with E-state index in [-0.39, 0.29) is 5.41 Å². The van der Waals surface area contributed by atoms with Gasteiger partial charge >= 0.3 is 0 Å². The Morgan fingerprint density at radius 2 is 2.20 bits per heavy atom.